The van der Waals surface area contributed by atoms with E-state index in [-0.39, 0.29) is 6.10 Å². The zero-order chi connectivity index (χ0) is 12.0. The second-order valence-electron chi connectivity index (χ2n) is 4.04. The minimum absolute atomic E-state index is 0.124. The van der Waals surface area contributed by atoms with Crippen LogP contribution in [0.2, 0.25) is 0 Å². The van der Waals surface area contributed by atoms with Gasteiger partial charge in [0.1, 0.15) is 0 Å². The number of aryl methyl sites for hydroxylation is 1. The molecule has 0 bridgehead atoms. The SMILES string of the molecule is COCC(C)OCc1ccc(CN)cc1C. The van der Waals surface area contributed by atoms with E-state index in [1.165, 1.54) is 11.1 Å². The Labute approximate surface area is 97.6 Å². The topological polar surface area (TPSA) is 44.5 Å². The van der Waals surface area contributed by atoms with E-state index in [4.69, 9.17) is 15.2 Å². The highest BCUT2D eigenvalue weighted by molar-refractivity contribution is 5.30. The van der Waals surface area contributed by atoms with Gasteiger partial charge in [-0.3, -0.25) is 0 Å². The molecule has 2 N–H and O–H groups in total. The zero-order valence-electron chi connectivity index (χ0n) is 10.3. The van der Waals surface area contributed by atoms with Gasteiger partial charge in [-0.2, -0.15) is 0 Å². The lowest BCUT2D eigenvalue weighted by Gasteiger charge is -2.13. The van der Waals surface area contributed by atoms with Gasteiger partial charge in [0.25, 0.3) is 0 Å². The molecular weight excluding hydrogens is 202 g/mol. The molecule has 1 aromatic carbocycles. The van der Waals surface area contributed by atoms with Crippen LogP contribution in [0.25, 0.3) is 0 Å². The summed E-state index contributed by atoms with van der Waals surface area (Å²) in [6, 6.07) is 6.24. The monoisotopic (exact) mass is 223 g/mol. The number of rotatable bonds is 6. The molecule has 1 rings (SSSR count). The summed E-state index contributed by atoms with van der Waals surface area (Å²) in [6.07, 6.45) is 0.124. The number of methoxy groups -OCH3 is 1. The molecule has 0 saturated heterocycles. The molecule has 0 aliphatic rings. The Hall–Kier alpha value is -0.900. The predicted octanol–water partition coefficient (Wildman–Crippen LogP) is 2.01. The Morgan fingerprint density at radius 3 is 2.69 bits per heavy atom. The number of hydrogen-bond acceptors (Lipinski definition) is 3. The maximum atomic E-state index is 5.67. The van der Waals surface area contributed by atoms with Gasteiger partial charge >= 0.3 is 0 Å². The average molecular weight is 223 g/mol. The van der Waals surface area contributed by atoms with Crippen molar-refractivity contribution in [2.45, 2.75) is 33.1 Å². The fourth-order valence-corrected chi connectivity index (χ4v) is 1.56. The summed E-state index contributed by atoms with van der Waals surface area (Å²) in [4.78, 5) is 0. The Bertz CT molecular complexity index is 326. The third-order valence-corrected chi connectivity index (χ3v) is 2.57. The highest BCUT2D eigenvalue weighted by atomic mass is 16.5. The van der Waals surface area contributed by atoms with Crippen LogP contribution in [-0.4, -0.2) is 19.8 Å². The predicted molar refractivity (Wildman–Crippen MR) is 65.2 cm³/mol. The zero-order valence-corrected chi connectivity index (χ0v) is 10.3. The van der Waals surface area contributed by atoms with E-state index >= 15 is 0 Å². The summed E-state index contributed by atoms with van der Waals surface area (Å²) in [7, 11) is 1.68. The minimum Gasteiger partial charge on any atom is -0.382 e. The van der Waals surface area contributed by atoms with E-state index < -0.39 is 0 Å². The van der Waals surface area contributed by atoms with Crippen molar-refractivity contribution in [3.8, 4) is 0 Å². The van der Waals surface area contributed by atoms with Gasteiger partial charge in [-0.15, -0.1) is 0 Å². The third kappa shape index (κ3) is 3.93. The van der Waals surface area contributed by atoms with Crippen molar-refractivity contribution in [1.82, 2.24) is 0 Å². The van der Waals surface area contributed by atoms with Crippen LogP contribution in [0.3, 0.4) is 0 Å². The Morgan fingerprint density at radius 1 is 1.38 bits per heavy atom. The quantitative estimate of drug-likeness (QED) is 0.802. The summed E-state index contributed by atoms with van der Waals surface area (Å²) in [5.74, 6) is 0. The molecule has 0 spiro atoms. The first-order chi connectivity index (χ1) is 7.67. The highest BCUT2D eigenvalue weighted by Crippen LogP contribution is 2.12. The van der Waals surface area contributed by atoms with Crippen molar-refractivity contribution < 1.29 is 9.47 Å². The van der Waals surface area contributed by atoms with Crippen LogP contribution in [0, 0.1) is 6.92 Å². The minimum atomic E-state index is 0.124. The van der Waals surface area contributed by atoms with Crippen molar-refractivity contribution in [1.29, 1.82) is 0 Å². The first kappa shape index (κ1) is 13.2. The van der Waals surface area contributed by atoms with E-state index in [1.54, 1.807) is 7.11 Å². The molecule has 1 unspecified atom stereocenters. The van der Waals surface area contributed by atoms with E-state index in [0.717, 1.165) is 5.56 Å². The smallest absolute Gasteiger partial charge is 0.0784 e. The molecule has 0 aromatic heterocycles. The van der Waals surface area contributed by atoms with Crippen molar-refractivity contribution in [3.05, 3.63) is 34.9 Å². The number of hydrogen-bond donors (Lipinski definition) is 1. The molecule has 3 heteroatoms. The van der Waals surface area contributed by atoms with Crippen LogP contribution >= 0.6 is 0 Å². The third-order valence-electron chi connectivity index (χ3n) is 2.57. The fourth-order valence-electron chi connectivity index (χ4n) is 1.56. The van der Waals surface area contributed by atoms with Gasteiger partial charge < -0.3 is 15.2 Å². The van der Waals surface area contributed by atoms with E-state index in [1.807, 2.05) is 13.0 Å². The lowest BCUT2D eigenvalue weighted by Crippen LogP contribution is -2.14. The molecule has 0 saturated carbocycles. The van der Waals surface area contributed by atoms with Gasteiger partial charge in [0, 0.05) is 13.7 Å². The average Bonchev–Trinajstić information content (AvgIpc) is 2.27. The second kappa shape index (κ2) is 6.63. The molecule has 0 amide bonds. The summed E-state index contributed by atoms with van der Waals surface area (Å²) in [6.45, 7) is 5.93. The van der Waals surface area contributed by atoms with Crippen LogP contribution in [-0.2, 0) is 22.6 Å². The van der Waals surface area contributed by atoms with Crippen molar-refractivity contribution in [3.63, 3.8) is 0 Å². The molecule has 0 fully saturated rings. The molecule has 0 radical (unpaired) electrons. The number of benzene rings is 1. The van der Waals surface area contributed by atoms with Crippen molar-refractivity contribution in [2.24, 2.45) is 5.73 Å². The number of ether oxygens (including phenoxy) is 2. The fraction of sp³-hybridized carbons (Fsp3) is 0.538. The van der Waals surface area contributed by atoms with Crippen LogP contribution in [0.5, 0.6) is 0 Å². The standard InChI is InChI=1S/C13H21NO2/c1-10-6-12(7-14)4-5-13(10)9-16-11(2)8-15-3/h4-6,11H,7-9,14H2,1-3H3. The maximum Gasteiger partial charge on any atom is 0.0784 e. The maximum absolute atomic E-state index is 5.67. The molecule has 1 aromatic rings. The van der Waals surface area contributed by atoms with Crippen LogP contribution in [0.4, 0.5) is 0 Å². The van der Waals surface area contributed by atoms with Gasteiger partial charge in [0.05, 0.1) is 19.3 Å². The molecule has 90 valence electrons. The van der Waals surface area contributed by atoms with Crippen LogP contribution in [0.1, 0.15) is 23.6 Å². The summed E-state index contributed by atoms with van der Waals surface area (Å²) >= 11 is 0. The molecule has 0 aliphatic heterocycles. The van der Waals surface area contributed by atoms with Gasteiger partial charge in [-0.05, 0) is 30.5 Å². The Morgan fingerprint density at radius 2 is 2.12 bits per heavy atom. The molecule has 0 heterocycles. The largest absolute Gasteiger partial charge is 0.382 e. The highest BCUT2D eigenvalue weighted by Gasteiger charge is 2.04. The van der Waals surface area contributed by atoms with E-state index in [2.05, 4.69) is 19.1 Å². The number of nitrogens with two attached hydrogens (primary N) is 1. The first-order valence-electron chi connectivity index (χ1n) is 5.56. The molecular formula is C13H21NO2. The van der Waals surface area contributed by atoms with E-state index in [0.29, 0.717) is 19.8 Å². The van der Waals surface area contributed by atoms with Crippen molar-refractivity contribution >= 4 is 0 Å². The first-order valence-corrected chi connectivity index (χ1v) is 5.56. The van der Waals surface area contributed by atoms with E-state index in [9.17, 15) is 0 Å². The normalized spacial score (nSPS) is 12.8. The Kier molecular flexibility index (Phi) is 5.46. The van der Waals surface area contributed by atoms with Crippen LogP contribution in [0.15, 0.2) is 18.2 Å². The molecule has 3 nitrogen and oxygen atoms in total. The summed E-state index contributed by atoms with van der Waals surface area (Å²) < 4.78 is 10.7. The Balaban J connectivity index is 2.54. The lowest BCUT2D eigenvalue weighted by molar-refractivity contribution is -0.000300. The van der Waals surface area contributed by atoms with Gasteiger partial charge in [0.15, 0.2) is 0 Å². The second-order valence-corrected chi connectivity index (χ2v) is 4.04. The van der Waals surface area contributed by atoms with Gasteiger partial charge in [0.2, 0.25) is 0 Å². The van der Waals surface area contributed by atoms with Crippen molar-refractivity contribution in [2.75, 3.05) is 13.7 Å². The van der Waals surface area contributed by atoms with Gasteiger partial charge in [-0.1, -0.05) is 18.2 Å². The van der Waals surface area contributed by atoms with Crippen LogP contribution < -0.4 is 5.73 Å². The molecule has 0 aliphatic carbocycles. The summed E-state index contributed by atoms with van der Waals surface area (Å²) in [5.41, 5.74) is 9.18. The molecule has 16 heavy (non-hydrogen) atoms. The molecule has 1 atom stereocenters. The van der Waals surface area contributed by atoms with Gasteiger partial charge in [-0.25, -0.2) is 0 Å². The summed E-state index contributed by atoms with van der Waals surface area (Å²) in [5, 5.41) is 0. The lowest BCUT2D eigenvalue weighted by atomic mass is 10.1.